The summed E-state index contributed by atoms with van der Waals surface area (Å²) in [5.74, 6) is 0.459. The van der Waals surface area contributed by atoms with E-state index in [2.05, 4.69) is 10.3 Å². The highest BCUT2D eigenvalue weighted by atomic mass is 16.5. The lowest BCUT2D eigenvalue weighted by Gasteiger charge is -2.06. The Bertz CT molecular complexity index is 1140. The van der Waals surface area contributed by atoms with Crippen molar-refractivity contribution in [1.29, 1.82) is 0 Å². The van der Waals surface area contributed by atoms with Crippen molar-refractivity contribution in [1.82, 2.24) is 14.8 Å². The van der Waals surface area contributed by atoms with Gasteiger partial charge >= 0.3 is 0 Å². The lowest BCUT2D eigenvalue weighted by Crippen LogP contribution is -2.12. The average Bonchev–Trinajstić information content (AvgIpc) is 3.21. The molecule has 0 radical (unpaired) electrons. The molecule has 0 saturated carbocycles. The van der Waals surface area contributed by atoms with Crippen molar-refractivity contribution in [3.05, 3.63) is 90.4 Å². The fraction of sp³-hybridized carbons (Fsp3) is 0.0870. The van der Waals surface area contributed by atoms with Gasteiger partial charge in [0.1, 0.15) is 11.4 Å². The molecule has 4 aromatic rings. The van der Waals surface area contributed by atoms with E-state index in [1.165, 1.54) is 0 Å². The molecule has 2 heterocycles. The average molecular weight is 384 g/mol. The van der Waals surface area contributed by atoms with E-state index in [0.29, 0.717) is 22.7 Å². The summed E-state index contributed by atoms with van der Waals surface area (Å²) in [5, 5.41) is 7.61. The SMILES string of the molecule is COc1cccc(-c2nn(-c3ccc(C)cc3)cc2C(=O)Nc2ccncc2)c1. The van der Waals surface area contributed by atoms with Crippen LogP contribution in [0.2, 0.25) is 0 Å². The Balaban J connectivity index is 1.78. The third-order valence-electron chi connectivity index (χ3n) is 4.54. The third-order valence-corrected chi connectivity index (χ3v) is 4.54. The molecule has 6 heteroatoms. The number of benzene rings is 2. The van der Waals surface area contributed by atoms with E-state index in [1.807, 2.05) is 55.5 Å². The van der Waals surface area contributed by atoms with Crippen LogP contribution in [0.25, 0.3) is 16.9 Å². The minimum Gasteiger partial charge on any atom is -0.497 e. The molecule has 0 atom stereocenters. The quantitative estimate of drug-likeness (QED) is 0.550. The maximum absolute atomic E-state index is 13.0. The molecule has 0 fully saturated rings. The number of nitrogens with zero attached hydrogens (tertiary/aromatic N) is 3. The molecule has 0 saturated heterocycles. The summed E-state index contributed by atoms with van der Waals surface area (Å²) in [6.07, 6.45) is 5.01. The minimum atomic E-state index is -0.243. The lowest BCUT2D eigenvalue weighted by atomic mass is 10.1. The van der Waals surface area contributed by atoms with Gasteiger partial charge in [-0.3, -0.25) is 9.78 Å². The monoisotopic (exact) mass is 384 g/mol. The molecule has 4 rings (SSSR count). The standard InChI is InChI=1S/C23H20N4O2/c1-16-6-8-19(9-7-16)27-15-21(23(28)25-18-10-12-24-13-11-18)22(26-27)17-4-3-5-20(14-17)29-2/h3-15H,1-2H3,(H,24,25,28). The number of nitrogens with one attached hydrogen (secondary N) is 1. The van der Waals surface area contributed by atoms with Gasteiger partial charge in [0.05, 0.1) is 18.4 Å². The summed E-state index contributed by atoms with van der Waals surface area (Å²) in [4.78, 5) is 17.0. The fourth-order valence-corrected chi connectivity index (χ4v) is 2.99. The zero-order chi connectivity index (χ0) is 20.2. The van der Waals surface area contributed by atoms with Crippen LogP contribution in [0.15, 0.2) is 79.3 Å². The summed E-state index contributed by atoms with van der Waals surface area (Å²) in [6.45, 7) is 2.03. The number of anilines is 1. The second-order valence-electron chi connectivity index (χ2n) is 6.59. The van der Waals surface area contributed by atoms with Gasteiger partial charge in [-0.25, -0.2) is 4.68 Å². The number of methoxy groups -OCH3 is 1. The van der Waals surface area contributed by atoms with Crippen LogP contribution in [-0.4, -0.2) is 27.8 Å². The van der Waals surface area contributed by atoms with Crippen LogP contribution >= 0.6 is 0 Å². The topological polar surface area (TPSA) is 69.0 Å². The highest BCUT2D eigenvalue weighted by Crippen LogP contribution is 2.27. The number of rotatable bonds is 5. The highest BCUT2D eigenvalue weighted by Gasteiger charge is 2.19. The largest absolute Gasteiger partial charge is 0.497 e. The number of hydrogen-bond acceptors (Lipinski definition) is 4. The maximum atomic E-state index is 13.0. The Morgan fingerprint density at radius 2 is 1.79 bits per heavy atom. The molecule has 1 N–H and O–H groups in total. The van der Waals surface area contributed by atoms with Crippen molar-refractivity contribution in [2.75, 3.05) is 12.4 Å². The molecule has 1 amide bonds. The van der Waals surface area contributed by atoms with E-state index >= 15 is 0 Å². The predicted octanol–water partition coefficient (Wildman–Crippen LogP) is 4.50. The normalized spacial score (nSPS) is 10.6. The van der Waals surface area contributed by atoms with Crippen LogP contribution in [0.1, 0.15) is 15.9 Å². The summed E-state index contributed by atoms with van der Waals surface area (Å²) < 4.78 is 7.05. The van der Waals surface area contributed by atoms with E-state index in [9.17, 15) is 4.79 Å². The van der Waals surface area contributed by atoms with E-state index in [4.69, 9.17) is 9.84 Å². The van der Waals surface area contributed by atoms with Gasteiger partial charge in [0.25, 0.3) is 5.91 Å². The Morgan fingerprint density at radius 1 is 1.03 bits per heavy atom. The Hall–Kier alpha value is -3.93. The van der Waals surface area contributed by atoms with Crippen molar-refractivity contribution in [3.8, 4) is 22.7 Å². The van der Waals surface area contributed by atoms with E-state index in [0.717, 1.165) is 16.8 Å². The molecular formula is C23H20N4O2. The molecule has 0 bridgehead atoms. The maximum Gasteiger partial charge on any atom is 0.259 e. The molecule has 2 aromatic heterocycles. The van der Waals surface area contributed by atoms with Crippen LogP contribution in [0.5, 0.6) is 5.75 Å². The van der Waals surface area contributed by atoms with Crippen molar-refractivity contribution in [2.45, 2.75) is 6.92 Å². The van der Waals surface area contributed by atoms with Crippen molar-refractivity contribution < 1.29 is 9.53 Å². The van der Waals surface area contributed by atoms with Gasteiger partial charge in [0.2, 0.25) is 0 Å². The number of aryl methyl sites for hydroxylation is 1. The molecule has 0 unspecified atom stereocenters. The van der Waals surface area contributed by atoms with Gasteiger partial charge in [0, 0.05) is 29.8 Å². The number of pyridine rings is 1. The Labute approximate surface area is 168 Å². The van der Waals surface area contributed by atoms with E-state index in [1.54, 1.807) is 42.5 Å². The van der Waals surface area contributed by atoms with Crippen LogP contribution < -0.4 is 10.1 Å². The van der Waals surface area contributed by atoms with Gasteiger partial charge in [-0.15, -0.1) is 0 Å². The minimum absolute atomic E-state index is 0.243. The van der Waals surface area contributed by atoms with E-state index < -0.39 is 0 Å². The summed E-state index contributed by atoms with van der Waals surface area (Å²) in [7, 11) is 1.61. The molecule has 0 spiro atoms. The molecule has 6 nitrogen and oxygen atoms in total. The van der Waals surface area contributed by atoms with Gasteiger partial charge in [-0.1, -0.05) is 29.8 Å². The fourth-order valence-electron chi connectivity index (χ4n) is 2.99. The zero-order valence-corrected chi connectivity index (χ0v) is 16.2. The van der Waals surface area contributed by atoms with Gasteiger partial charge in [-0.05, 0) is 43.3 Å². The molecular weight excluding hydrogens is 364 g/mol. The number of hydrogen-bond donors (Lipinski definition) is 1. The highest BCUT2D eigenvalue weighted by molar-refractivity contribution is 6.08. The molecule has 0 aliphatic heterocycles. The van der Waals surface area contributed by atoms with Gasteiger partial charge < -0.3 is 10.1 Å². The third kappa shape index (κ3) is 4.01. The first-order valence-electron chi connectivity index (χ1n) is 9.16. The van der Waals surface area contributed by atoms with Crippen molar-refractivity contribution in [3.63, 3.8) is 0 Å². The number of amides is 1. The van der Waals surface area contributed by atoms with Crippen molar-refractivity contribution >= 4 is 11.6 Å². The molecule has 29 heavy (non-hydrogen) atoms. The second kappa shape index (κ2) is 7.98. The van der Waals surface area contributed by atoms with Crippen LogP contribution in [-0.2, 0) is 0 Å². The molecule has 0 aliphatic rings. The molecule has 144 valence electrons. The first-order chi connectivity index (χ1) is 14.1. The van der Waals surface area contributed by atoms with Gasteiger partial charge in [0.15, 0.2) is 0 Å². The summed E-state index contributed by atoms with van der Waals surface area (Å²) in [5.41, 5.74) is 4.55. The first-order valence-corrected chi connectivity index (χ1v) is 9.16. The van der Waals surface area contributed by atoms with Crippen LogP contribution in [0, 0.1) is 6.92 Å². The predicted molar refractivity (Wildman–Crippen MR) is 112 cm³/mol. The Morgan fingerprint density at radius 3 is 2.52 bits per heavy atom. The Kier molecular flexibility index (Phi) is 5.07. The number of carbonyl (C=O) groups excluding carboxylic acids is 1. The summed E-state index contributed by atoms with van der Waals surface area (Å²) >= 11 is 0. The zero-order valence-electron chi connectivity index (χ0n) is 16.2. The van der Waals surface area contributed by atoms with Crippen LogP contribution in [0.4, 0.5) is 5.69 Å². The van der Waals surface area contributed by atoms with Crippen LogP contribution in [0.3, 0.4) is 0 Å². The smallest absolute Gasteiger partial charge is 0.259 e. The summed E-state index contributed by atoms with van der Waals surface area (Å²) in [6, 6.07) is 19.0. The van der Waals surface area contributed by atoms with Crippen molar-refractivity contribution in [2.24, 2.45) is 0 Å². The number of carbonyl (C=O) groups is 1. The second-order valence-corrected chi connectivity index (χ2v) is 6.59. The first kappa shape index (κ1) is 18.4. The number of ether oxygens (including phenoxy) is 1. The van der Waals surface area contributed by atoms with Gasteiger partial charge in [-0.2, -0.15) is 5.10 Å². The number of aromatic nitrogens is 3. The molecule has 2 aromatic carbocycles. The molecule has 0 aliphatic carbocycles. The lowest BCUT2D eigenvalue weighted by molar-refractivity contribution is 0.102. The van der Waals surface area contributed by atoms with E-state index in [-0.39, 0.29) is 5.91 Å².